The van der Waals surface area contributed by atoms with E-state index in [1.54, 1.807) is 11.0 Å². The van der Waals surface area contributed by atoms with Crippen LogP contribution in [0.2, 0.25) is 0 Å². The SMILES string of the molecule is O=C(O)CN1CCC(CNS(=O)(=O)c2cc(S(=O)(=O)c3ccccc3)ccc2C(F)(F)F)CC1. The van der Waals surface area contributed by atoms with Crippen molar-refractivity contribution in [2.24, 2.45) is 5.92 Å². The zero-order valence-electron chi connectivity index (χ0n) is 17.8. The fourth-order valence-electron chi connectivity index (χ4n) is 3.71. The average Bonchev–Trinajstić information content (AvgIpc) is 2.78. The quantitative estimate of drug-likeness (QED) is 0.549. The normalized spacial score (nSPS) is 16.4. The van der Waals surface area contributed by atoms with Crippen LogP contribution in [0.3, 0.4) is 0 Å². The number of halogens is 3. The lowest BCUT2D eigenvalue weighted by Crippen LogP contribution is -2.40. The number of aliphatic carboxylic acids is 1. The summed E-state index contributed by atoms with van der Waals surface area (Å²) in [6, 6.07) is 8.69. The molecule has 2 aromatic carbocycles. The van der Waals surface area contributed by atoms with Gasteiger partial charge in [0, 0.05) is 6.54 Å². The number of likely N-dealkylation sites (tertiary alicyclic amines) is 1. The van der Waals surface area contributed by atoms with Gasteiger partial charge in [-0.15, -0.1) is 0 Å². The second-order valence-corrected chi connectivity index (χ2v) is 11.6. The molecule has 0 amide bonds. The largest absolute Gasteiger partial charge is 0.480 e. The smallest absolute Gasteiger partial charge is 0.417 e. The molecule has 34 heavy (non-hydrogen) atoms. The molecule has 0 spiro atoms. The Kier molecular flexibility index (Phi) is 7.70. The predicted octanol–water partition coefficient (Wildman–Crippen LogP) is 2.61. The van der Waals surface area contributed by atoms with Crippen molar-refractivity contribution in [1.29, 1.82) is 0 Å². The Morgan fingerprint density at radius 2 is 1.62 bits per heavy atom. The number of hydrogen-bond donors (Lipinski definition) is 2. The maximum atomic E-state index is 13.6. The Bertz CT molecular complexity index is 1240. The first-order valence-corrected chi connectivity index (χ1v) is 13.2. The van der Waals surface area contributed by atoms with Gasteiger partial charge in [-0.25, -0.2) is 21.6 Å². The number of sulfonamides is 1. The molecule has 0 bridgehead atoms. The van der Waals surface area contributed by atoms with Gasteiger partial charge < -0.3 is 5.11 Å². The van der Waals surface area contributed by atoms with Crippen molar-refractivity contribution in [2.45, 2.75) is 33.7 Å². The number of benzene rings is 2. The van der Waals surface area contributed by atoms with Crippen molar-refractivity contribution in [1.82, 2.24) is 9.62 Å². The van der Waals surface area contributed by atoms with E-state index in [4.69, 9.17) is 5.11 Å². The number of nitrogens with zero attached hydrogens (tertiary/aromatic N) is 1. The molecular formula is C21H23F3N2O6S2. The van der Waals surface area contributed by atoms with Crippen LogP contribution >= 0.6 is 0 Å². The highest BCUT2D eigenvalue weighted by Crippen LogP contribution is 2.36. The van der Waals surface area contributed by atoms with Gasteiger partial charge in [0.2, 0.25) is 19.9 Å². The van der Waals surface area contributed by atoms with E-state index in [2.05, 4.69) is 4.72 Å². The molecule has 8 nitrogen and oxygen atoms in total. The summed E-state index contributed by atoms with van der Waals surface area (Å²) in [5.74, 6) is -1.19. The van der Waals surface area contributed by atoms with Gasteiger partial charge in [-0.2, -0.15) is 13.2 Å². The summed E-state index contributed by atoms with van der Waals surface area (Å²) in [6.07, 6.45) is -4.10. The molecule has 1 aliphatic rings. The number of carboxylic acid groups (broad SMARTS) is 1. The summed E-state index contributed by atoms with van der Waals surface area (Å²) >= 11 is 0. The van der Waals surface area contributed by atoms with Gasteiger partial charge in [0.1, 0.15) is 0 Å². The molecule has 1 aliphatic heterocycles. The lowest BCUT2D eigenvalue weighted by atomic mass is 9.97. The second-order valence-electron chi connectivity index (χ2n) is 7.94. The van der Waals surface area contributed by atoms with Gasteiger partial charge in [-0.3, -0.25) is 9.69 Å². The molecule has 13 heteroatoms. The summed E-state index contributed by atoms with van der Waals surface area (Å²) < 4.78 is 94.3. The molecule has 1 heterocycles. The summed E-state index contributed by atoms with van der Waals surface area (Å²) in [6.45, 7) is 0.529. The van der Waals surface area contributed by atoms with Gasteiger partial charge >= 0.3 is 12.1 Å². The zero-order valence-corrected chi connectivity index (χ0v) is 19.5. The van der Waals surface area contributed by atoms with E-state index in [-0.39, 0.29) is 23.9 Å². The number of sulfone groups is 1. The molecular weight excluding hydrogens is 497 g/mol. The maximum Gasteiger partial charge on any atom is 0.417 e. The van der Waals surface area contributed by atoms with E-state index in [0.717, 1.165) is 6.07 Å². The summed E-state index contributed by atoms with van der Waals surface area (Å²) in [5, 5.41) is 8.84. The summed E-state index contributed by atoms with van der Waals surface area (Å²) in [7, 11) is -8.96. The van der Waals surface area contributed by atoms with Gasteiger partial charge in [0.25, 0.3) is 0 Å². The highest BCUT2D eigenvalue weighted by Gasteiger charge is 2.38. The number of rotatable bonds is 8. The van der Waals surface area contributed by atoms with E-state index >= 15 is 0 Å². The molecule has 0 radical (unpaired) electrons. The number of hydrogen-bond acceptors (Lipinski definition) is 6. The third-order valence-electron chi connectivity index (χ3n) is 5.54. The molecule has 0 atom stereocenters. The van der Waals surface area contributed by atoms with E-state index < -0.39 is 47.4 Å². The Morgan fingerprint density at radius 1 is 1.00 bits per heavy atom. The Labute approximate surface area is 195 Å². The van der Waals surface area contributed by atoms with Gasteiger partial charge in [-0.1, -0.05) is 18.2 Å². The van der Waals surface area contributed by atoms with E-state index in [0.29, 0.717) is 38.1 Å². The van der Waals surface area contributed by atoms with Crippen molar-refractivity contribution in [3.8, 4) is 0 Å². The molecule has 0 saturated carbocycles. The molecule has 2 N–H and O–H groups in total. The first-order valence-electron chi connectivity index (χ1n) is 10.3. The average molecular weight is 521 g/mol. The van der Waals surface area contributed by atoms with Crippen LogP contribution in [-0.4, -0.2) is 59.0 Å². The first kappa shape index (κ1) is 26.1. The fraction of sp³-hybridized carbons (Fsp3) is 0.381. The minimum atomic E-state index is -5.03. The van der Waals surface area contributed by atoms with Crippen molar-refractivity contribution < 1.29 is 39.9 Å². The Balaban J connectivity index is 1.86. The molecule has 1 saturated heterocycles. The van der Waals surface area contributed by atoms with E-state index in [1.807, 2.05) is 0 Å². The summed E-state index contributed by atoms with van der Waals surface area (Å²) in [5.41, 5.74) is -1.47. The van der Waals surface area contributed by atoms with Crippen LogP contribution in [-0.2, 0) is 30.8 Å². The van der Waals surface area contributed by atoms with Crippen LogP contribution < -0.4 is 4.72 Å². The van der Waals surface area contributed by atoms with Crippen LogP contribution in [0.4, 0.5) is 13.2 Å². The van der Waals surface area contributed by atoms with E-state index in [9.17, 15) is 34.8 Å². The Morgan fingerprint density at radius 3 is 2.18 bits per heavy atom. The van der Waals surface area contributed by atoms with Crippen LogP contribution in [0.25, 0.3) is 0 Å². The van der Waals surface area contributed by atoms with Crippen LogP contribution in [0.1, 0.15) is 18.4 Å². The lowest BCUT2D eigenvalue weighted by Gasteiger charge is -2.30. The molecule has 1 fully saturated rings. The molecule has 186 valence electrons. The zero-order chi connectivity index (χ0) is 25.1. The van der Waals surface area contributed by atoms with Crippen LogP contribution in [0.5, 0.6) is 0 Å². The minimum Gasteiger partial charge on any atom is -0.480 e. The topological polar surface area (TPSA) is 121 Å². The molecule has 0 aromatic heterocycles. The highest BCUT2D eigenvalue weighted by molar-refractivity contribution is 7.91. The third kappa shape index (κ3) is 6.14. The predicted molar refractivity (Wildman–Crippen MR) is 115 cm³/mol. The van der Waals surface area contributed by atoms with Gasteiger partial charge in [-0.05, 0) is 62.2 Å². The van der Waals surface area contributed by atoms with E-state index in [1.165, 1.54) is 24.3 Å². The maximum absolute atomic E-state index is 13.6. The van der Waals surface area contributed by atoms with Crippen molar-refractivity contribution >= 4 is 25.8 Å². The number of piperidine rings is 1. The first-order chi connectivity index (χ1) is 15.8. The van der Waals surface area contributed by atoms with Crippen molar-refractivity contribution in [2.75, 3.05) is 26.2 Å². The Hall–Kier alpha value is -2.48. The van der Waals surface area contributed by atoms with Crippen molar-refractivity contribution in [3.63, 3.8) is 0 Å². The highest BCUT2D eigenvalue weighted by atomic mass is 32.2. The molecule has 0 aliphatic carbocycles. The second kappa shape index (κ2) is 10.0. The summed E-state index contributed by atoms with van der Waals surface area (Å²) in [4.78, 5) is 10.6. The van der Waals surface area contributed by atoms with Crippen LogP contribution in [0, 0.1) is 5.92 Å². The number of carbonyl (C=O) groups is 1. The lowest BCUT2D eigenvalue weighted by molar-refractivity contribution is -0.140. The molecule has 2 aromatic rings. The molecule has 0 unspecified atom stereocenters. The standard InChI is InChI=1S/C21H23F3N2O6S2/c22-21(23,24)18-7-6-17(33(29,30)16-4-2-1-3-5-16)12-19(18)34(31,32)25-13-15-8-10-26(11-9-15)14-20(27)28/h1-7,12,15,25H,8-11,13-14H2,(H,27,28). The van der Waals surface area contributed by atoms with Crippen LogP contribution in [0.15, 0.2) is 63.2 Å². The third-order valence-corrected chi connectivity index (χ3v) is 8.77. The van der Waals surface area contributed by atoms with Gasteiger partial charge in [0.15, 0.2) is 0 Å². The molecule has 3 rings (SSSR count). The van der Waals surface area contributed by atoms with Gasteiger partial charge in [0.05, 0.1) is 26.8 Å². The fourth-order valence-corrected chi connectivity index (χ4v) is 6.46. The number of nitrogens with one attached hydrogen (secondary N) is 1. The van der Waals surface area contributed by atoms with Crippen molar-refractivity contribution in [3.05, 3.63) is 54.1 Å². The number of alkyl halides is 3. The minimum absolute atomic E-state index is 0.143. The number of carboxylic acids is 1. The monoisotopic (exact) mass is 520 g/mol.